The van der Waals surface area contributed by atoms with Gasteiger partial charge in [0.2, 0.25) is 0 Å². The first kappa shape index (κ1) is 23.3. The van der Waals surface area contributed by atoms with Crippen LogP contribution in [0.3, 0.4) is 0 Å². The molecule has 6 nitrogen and oxygen atoms in total. The van der Waals surface area contributed by atoms with E-state index in [1.54, 1.807) is 0 Å². The molecule has 1 aliphatic rings. The molecule has 1 unspecified atom stereocenters. The average Bonchev–Trinajstić information content (AvgIpc) is 3.38. The van der Waals surface area contributed by atoms with Crippen LogP contribution in [0.15, 0.2) is 78.9 Å². The van der Waals surface area contributed by atoms with Crippen LogP contribution in [0.5, 0.6) is 0 Å². The van der Waals surface area contributed by atoms with Gasteiger partial charge in [-0.2, -0.15) is 0 Å². The molecule has 3 aromatic carbocycles. The zero-order valence-corrected chi connectivity index (χ0v) is 19.6. The second kappa shape index (κ2) is 11.3. The molecule has 1 amide bonds. The van der Waals surface area contributed by atoms with E-state index in [4.69, 9.17) is 18.6 Å². The van der Waals surface area contributed by atoms with Crippen LogP contribution in [0, 0.1) is 12.3 Å². The average molecular weight is 470 g/mol. The number of nitrogens with zero attached hydrogens (tertiary/aromatic N) is 1. The summed E-state index contributed by atoms with van der Waals surface area (Å²) in [6, 6.07) is 23.9. The van der Waals surface area contributed by atoms with Gasteiger partial charge in [-0.1, -0.05) is 36.3 Å². The number of thiocarbonyl (C=S) groups is 1. The molecular weight excluding hydrogens is 442 g/mol. The lowest BCUT2D eigenvalue weighted by Crippen LogP contribution is -2.39. The van der Waals surface area contributed by atoms with Crippen molar-refractivity contribution in [2.75, 3.05) is 29.1 Å². The van der Waals surface area contributed by atoms with E-state index in [2.05, 4.69) is 32.3 Å². The van der Waals surface area contributed by atoms with Gasteiger partial charge in [-0.25, -0.2) is 5.01 Å². The number of benzene rings is 3. The normalized spacial score (nSPS) is 14.0. The summed E-state index contributed by atoms with van der Waals surface area (Å²) in [5, 5.41) is 11.8. The number of hydrogen-bond acceptors (Lipinski definition) is 4. The highest BCUT2D eigenvalue weighted by molar-refractivity contribution is 7.80. The van der Waals surface area contributed by atoms with Crippen LogP contribution in [-0.2, 0) is 4.79 Å². The molecule has 1 saturated heterocycles. The van der Waals surface area contributed by atoms with Crippen molar-refractivity contribution in [1.82, 2.24) is 10.3 Å². The molecule has 1 fully saturated rings. The van der Waals surface area contributed by atoms with E-state index in [0.29, 0.717) is 10.8 Å². The van der Waals surface area contributed by atoms with Gasteiger partial charge < -0.3 is 21.4 Å². The Labute approximate surface area is 205 Å². The molecule has 0 radical (unpaired) electrons. The summed E-state index contributed by atoms with van der Waals surface area (Å²) in [7, 11) is 0. The van der Waals surface area contributed by atoms with Crippen molar-refractivity contribution in [2.45, 2.75) is 18.9 Å². The van der Waals surface area contributed by atoms with Gasteiger partial charge in [0, 0.05) is 35.7 Å². The molecule has 1 atom stereocenters. The van der Waals surface area contributed by atoms with E-state index in [1.165, 1.54) is 12.8 Å². The number of rotatable bonds is 7. The van der Waals surface area contributed by atoms with Gasteiger partial charge in [-0.05, 0) is 79.2 Å². The Balaban J connectivity index is 1.42. The summed E-state index contributed by atoms with van der Waals surface area (Å²) in [6.45, 7) is 2.09. The van der Waals surface area contributed by atoms with Crippen molar-refractivity contribution in [3.63, 3.8) is 0 Å². The quantitative estimate of drug-likeness (QED) is 0.296. The van der Waals surface area contributed by atoms with Crippen LogP contribution in [0.1, 0.15) is 30.0 Å². The predicted octanol–water partition coefficient (Wildman–Crippen LogP) is 4.76. The smallest absolute Gasteiger partial charge is 0.251 e. The Morgan fingerprint density at radius 3 is 2.09 bits per heavy atom. The van der Waals surface area contributed by atoms with E-state index in [-0.39, 0.29) is 5.91 Å². The summed E-state index contributed by atoms with van der Waals surface area (Å²) < 4.78 is 0. The summed E-state index contributed by atoms with van der Waals surface area (Å²) >= 11 is 5.49. The molecule has 0 aliphatic carbocycles. The maximum Gasteiger partial charge on any atom is 0.251 e. The second-order valence-corrected chi connectivity index (χ2v) is 8.44. The topological polar surface area (TPSA) is 68.4 Å². The molecule has 0 aromatic heterocycles. The summed E-state index contributed by atoms with van der Waals surface area (Å²) in [4.78, 5) is 13.2. The van der Waals surface area contributed by atoms with Gasteiger partial charge in [0.25, 0.3) is 5.91 Å². The first-order chi connectivity index (χ1) is 16.6. The third kappa shape index (κ3) is 6.35. The highest BCUT2D eigenvalue weighted by atomic mass is 32.1. The van der Waals surface area contributed by atoms with Gasteiger partial charge in [0.1, 0.15) is 6.04 Å². The van der Waals surface area contributed by atoms with Crippen LogP contribution in [0.2, 0.25) is 0 Å². The molecular formula is C27H27N5OS. The van der Waals surface area contributed by atoms with E-state index >= 15 is 0 Å². The SMILES string of the molecule is C#Cc1ccc(NC(=S)NC(C(=O)Nc2ccc(NN3CCCC3)cc2)c2ccccc2)cc1. The van der Waals surface area contributed by atoms with Crippen LogP contribution < -0.4 is 21.4 Å². The summed E-state index contributed by atoms with van der Waals surface area (Å²) in [5.41, 5.74) is 7.48. The third-order valence-corrected chi connectivity index (χ3v) is 5.75. The lowest BCUT2D eigenvalue weighted by molar-refractivity contribution is -0.117. The van der Waals surface area contributed by atoms with Crippen LogP contribution in [-0.4, -0.2) is 29.1 Å². The molecule has 4 rings (SSSR count). The molecule has 4 N–H and O–H groups in total. The number of nitrogens with one attached hydrogen (secondary N) is 4. The largest absolute Gasteiger partial charge is 0.347 e. The molecule has 0 spiro atoms. The minimum Gasteiger partial charge on any atom is -0.347 e. The number of anilines is 3. The number of amides is 1. The second-order valence-electron chi connectivity index (χ2n) is 8.04. The standard InChI is InChI=1S/C27H27N5OS/c1-2-20-10-12-23(13-11-20)29-27(34)30-25(21-8-4-3-5-9-21)26(33)28-22-14-16-24(17-15-22)31-32-18-6-7-19-32/h1,3-5,8-17,25,31H,6-7,18-19H2,(H,28,33)(H2,29,30,34). The molecule has 172 valence electrons. The highest BCUT2D eigenvalue weighted by Crippen LogP contribution is 2.20. The van der Waals surface area contributed by atoms with Crippen molar-refractivity contribution in [3.05, 3.63) is 90.0 Å². The monoisotopic (exact) mass is 469 g/mol. The van der Waals surface area contributed by atoms with Crippen molar-refractivity contribution in [1.29, 1.82) is 0 Å². The Morgan fingerprint density at radius 1 is 0.853 bits per heavy atom. The fourth-order valence-electron chi connectivity index (χ4n) is 3.75. The fourth-order valence-corrected chi connectivity index (χ4v) is 3.98. The summed E-state index contributed by atoms with van der Waals surface area (Å²) in [5.74, 6) is 2.38. The van der Waals surface area contributed by atoms with Gasteiger partial charge in [0.15, 0.2) is 5.11 Å². The number of hydrazine groups is 1. The zero-order chi connectivity index (χ0) is 23.8. The van der Waals surface area contributed by atoms with Crippen LogP contribution in [0.25, 0.3) is 0 Å². The molecule has 0 saturated carbocycles. The minimum absolute atomic E-state index is 0.210. The number of terminal acetylenes is 1. The zero-order valence-electron chi connectivity index (χ0n) is 18.8. The van der Waals surface area contributed by atoms with Gasteiger partial charge in [-0.15, -0.1) is 6.42 Å². The Hall–Kier alpha value is -3.86. The highest BCUT2D eigenvalue weighted by Gasteiger charge is 2.22. The fraction of sp³-hybridized carbons (Fsp3) is 0.185. The van der Waals surface area contributed by atoms with Crippen molar-refractivity contribution in [3.8, 4) is 12.3 Å². The Morgan fingerprint density at radius 2 is 1.44 bits per heavy atom. The predicted molar refractivity (Wildman–Crippen MR) is 142 cm³/mol. The number of carbonyl (C=O) groups is 1. The summed E-state index contributed by atoms with van der Waals surface area (Å²) in [6.07, 6.45) is 7.83. The van der Waals surface area contributed by atoms with Crippen molar-refractivity contribution in [2.24, 2.45) is 0 Å². The van der Waals surface area contributed by atoms with Gasteiger partial charge in [0.05, 0.1) is 0 Å². The maximum absolute atomic E-state index is 13.2. The van der Waals surface area contributed by atoms with Crippen molar-refractivity contribution >= 4 is 40.3 Å². The van der Waals surface area contributed by atoms with E-state index < -0.39 is 6.04 Å². The number of hydrogen-bond donors (Lipinski definition) is 4. The number of carbonyl (C=O) groups excluding carboxylic acids is 1. The van der Waals surface area contributed by atoms with Crippen LogP contribution >= 0.6 is 12.2 Å². The van der Waals surface area contributed by atoms with Gasteiger partial charge in [-0.3, -0.25) is 4.79 Å². The van der Waals surface area contributed by atoms with E-state index in [9.17, 15) is 4.79 Å². The lowest BCUT2D eigenvalue weighted by atomic mass is 10.1. The van der Waals surface area contributed by atoms with Gasteiger partial charge >= 0.3 is 0 Å². The maximum atomic E-state index is 13.2. The van der Waals surface area contributed by atoms with E-state index in [0.717, 1.165) is 35.6 Å². The lowest BCUT2D eigenvalue weighted by Gasteiger charge is -2.21. The van der Waals surface area contributed by atoms with Crippen molar-refractivity contribution < 1.29 is 4.79 Å². The molecule has 34 heavy (non-hydrogen) atoms. The Kier molecular flexibility index (Phi) is 7.76. The van der Waals surface area contributed by atoms with E-state index in [1.807, 2.05) is 78.9 Å². The van der Waals surface area contributed by atoms with Crippen LogP contribution in [0.4, 0.5) is 17.1 Å². The molecule has 7 heteroatoms. The molecule has 1 heterocycles. The third-order valence-electron chi connectivity index (χ3n) is 5.53. The first-order valence-corrected chi connectivity index (χ1v) is 11.6. The Bertz CT molecular complexity index is 1150. The minimum atomic E-state index is -0.673. The molecule has 1 aliphatic heterocycles. The first-order valence-electron chi connectivity index (χ1n) is 11.2. The molecule has 0 bridgehead atoms. The molecule has 3 aromatic rings.